The normalized spacial score (nSPS) is 18.4. The minimum atomic E-state index is -0.522. The second-order valence-corrected chi connectivity index (χ2v) is 7.72. The van der Waals surface area contributed by atoms with Crippen LogP contribution in [0.3, 0.4) is 0 Å². The lowest BCUT2D eigenvalue weighted by atomic mass is 9.97. The molecule has 1 aliphatic heterocycles. The van der Waals surface area contributed by atoms with Gasteiger partial charge in [0, 0.05) is 18.7 Å². The number of hydrogen-bond donors (Lipinski definition) is 1. The van der Waals surface area contributed by atoms with Gasteiger partial charge in [0.05, 0.1) is 11.4 Å². The number of likely N-dealkylation sites (tertiary alicyclic amines) is 1. The van der Waals surface area contributed by atoms with Crippen molar-refractivity contribution in [2.24, 2.45) is 5.92 Å². The number of rotatable bonds is 2. The van der Waals surface area contributed by atoms with E-state index in [1.807, 2.05) is 20.8 Å². The zero-order valence-corrected chi connectivity index (χ0v) is 15.4. The molecule has 1 aliphatic rings. The highest BCUT2D eigenvalue weighted by atomic mass is 32.1. The third kappa shape index (κ3) is 4.10. The van der Waals surface area contributed by atoms with Gasteiger partial charge in [0.1, 0.15) is 5.60 Å². The van der Waals surface area contributed by atoms with Gasteiger partial charge in [0.25, 0.3) is 10.7 Å². The molecule has 1 N–H and O–H groups in total. The van der Waals surface area contributed by atoms with Crippen LogP contribution in [0.2, 0.25) is 0 Å². The monoisotopic (exact) mass is 362 g/mol. The van der Waals surface area contributed by atoms with Crippen LogP contribution < -0.4 is 0 Å². The van der Waals surface area contributed by atoms with Gasteiger partial charge in [-0.25, -0.2) is 0 Å². The zero-order valence-electron chi connectivity index (χ0n) is 14.6. The van der Waals surface area contributed by atoms with Crippen molar-refractivity contribution in [3.05, 3.63) is 28.6 Å². The quantitative estimate of drug-likeness (QED) is 0.651. The summed E-state index contributed by atoms with van der Waals surface area (Å²) < 4.78 is 10.8. The number of carbonyl (C=O) groups excluding carboxylic acids is 2. The molecule has 7 heteroatoms. The number of carbonyl (C=O) groups is 2. The minimum Gasteiger partial charge on any atom is -0.460 e. The molecule has 1 aromatic heterocycles. The SMILES string of the molecule is CC(C)(C)OC(=O)[C@H]1CCCN(C(=O)c2ccc3[nH]c(=S)oc3c2)C1. The molecule has 0 unspecified atom stereocenters. The molecule has 3 rings (SSSR count). The first-order valence-electron chi connectivity index (χ1n) is 8.38. The highest BCUT2D eigenvalue weighted by Gasteiger charge is 2.32. The van der Waals surface area contributed by atoms with Crippen LogP contribution in [0.4, 0.5) is 0 Å². The Morgan fingerprint density at radius 2 is 2.12 bits per heavy atom. The smallest absolute Gasteiger partial charge is 0.311 e. The van der Waals surface area contributed by atoms with Gasteiger partial charge < -0.3 is 19.0 Å². The van der Waals surface area contributed by atoms with E-state index in [-0.39, 0.29) is 22.6 Å². The maximum Gasteiger partial charge on any atom is 0.311 e. The first kappa shape index (κ1) is 17.7. The predicted octanol–water partition coefficient (Wildman–Crippen LogP) is 3.68. The number of oxazole rings is 1. The fourth-order valence-corrected chi connectivity index (χ4v) is 3.20. The van der Waals surface area contributed by atoms with Crippen molar-refractivity contribution in [1.29, 1.82) is 0 Å². The second kappa shape index (κ2) is 6.63. The van der Waals surface area contributed by atoms with Crippen molar-refractivity contribution in [1.82, 2.24) is 9.88 Å². The Morgan fingerprint density at radius 3 is 2.84 bits per heavy atom. The largest absolute Gasteiger partial charge is 0.460 e. The van der Waals surface area contributed by atoms with Crippen LogP contribution in [0.1, 0.15) is 44.0 Å². The van der Waals surface area contributed by atoms with Crippen LogP contribution in [0, 0.1) is 10.8 Å². The summed E-state index contributed by atoms with van der Waals surface area (Å²) in [4.78, 5) is 30.0. The molecular weight excluding hydrogens is 340 g/mol. The number of aromatic amines is 1. The first-order valence-corrected chi connectivity index (χ1v) is 8.79. The van der Waals surface area contributed by atoms with Crippen LogP contribution in [0.15, 0.2) is 22.6 Å². The lowest BCUT2D eigenvalue weighted by Crippen LogP contribution is -2.44. The summed E-state index contributed by atoms with van der Waals surface area (Å²) in [5.41, 5.74) is 1.31. The number of ether oxygens (including phenoxy) is 1. The average molecular weight is 362 g/mol. The molecule has 1 aromatic carbocycles. The molecule has 6 nitrogen and oxygen atoms in total. The van der Waals surface area contributed by atoms with Crippen molar-refractivity contribution in [3.8, 4) is 0 Å². The van der Waals surface area contributed by atoms with E-state index < -0.39 is 5.60 Å². The van der Waals surface area contributed by atoms with Gasteiger partial charge in [-0.1, -0.05) is 0 Å². The van der Waals surface area contributed by atoms with Crippen LogP contribution >= 0.6 is 12.2 Å². The molecule has 0 bridgehead atoms. The summed E-state index contributed by atoms with van der Waals surface area (Å²) in [7, 11) is 0. The number of nitrogens with zero attached hydrogens (tertiary/aromatic N) is 1. The van der Waals surface area contributed by atoms with E-state index in [0.717, 1.165) is 18.4 Å². The van der Waals surface area contributed by atoms with Crippen LogP contribution in [0.5, 0.6) is 0 Å². The van der Waals surface area contributed by atoms with Gasteiger partial charge in [-0.3, -0.25) is 9.59 Å². The summed E-state index contributed by atoms with van der Waals surface area (Å²) in [5.74, 6) is -0.633. The molecule has 0 radical (unpaired) electrons. The van der Waals surface area contributed by atoms with E-state index in [4.69, 9.17) is 21.4 Å². The number of aromatic nitrogens is 1. The van der Waals surface area contributed by atoms with Gasteiger partial charge in [0.15, 0.2) is 5.58 Å². The number of amides is 1. The van der Waals surface area contributed by atoms with Crippen molar-refractivity contribution >= 4 is 35.2 Å². The van der Waals surface area contributed by atoms with Gasteiger partial charge in [-0.15, -0.1) is 0 Å². The van der Waals surface area contributed by atoms with Crippen molar-refractivity contribution in [3.63, 3.8) is 0 Å². The van der Waals surface area contributed by atoms with Crippen LogP contribution in [0.25, 0.3) is 11.1 Å². The summed E-state index contributed by atoms with van der Waals surface area (Å²) in [5, 5.41) is 0. The Bertz CT molecular complexity index is 862. The van der Waals surface area contributed by atoms with E-state index in [9.17, 15) is 9.59 Å². The Kier molecular flexibility index (Phi) is 4.69. The molecule has 0 aliphatic carbocycles. The Labute approximate surface area is 151 Å². The summed E-state index contributed by atoms with van der Waals surface area (Å²) in [6.07, 6.45) is 1.52. The number of piperidine rings is 1. The van der Waals surface area contributed by atoms with E-state index in [0.29, 0.717) is 24.2 Å². The van der Waals surface area contributed by atoms with E-state index in [1.165, 1.54) is 0 Å². The van der Waals surface area contributed by atoms with Crippen LogP contribution in [-0.4, -0.2) is 40.5 Å². The van der Waals surface area contributed by atoms with Crippen molar-refractivity contribution < 1.29 is 18.7 Å². The van der Waals surface area contributed by atoms with Gasteiger partial charge in [0.2, 0.25) is 0 Å². The third-order valence-corrected chi connectivity index (χ3v) is 4.30. The fraction of sp³-hybridized carbons (Fsp3) is 0.500. The molecule has 0 spiro atoms. The number of benzene rings is 1. The molecule has 2 aromatic rings. The molecule has 1 saturated heterocycles. The number of nitrogens with one attached hydrogen (secondary N) is 1. The summed E-state index contributed by atoms with van der Waals surface area (Å²) in [6, 6.07) is 5.20. The lowest BCUT2D eigenvalue weighted by molar-refractivity contribution is -0.161. The minimum absolute atomic E-state index is 0.113. The Hall–Kier alpha value is -2.15. The summed E-state index contributed by atoms with van der Waals surface area (Å²) in [6.45, 7) is 6.55. The second-order valence-electron chi connectivity index (χ2n) is 7.35. The average Bonchev–Trinajstić information content (AvgIpc) is 2.91. The number of fused-ring (bicyclic) bond motifs is 1. The first-order chi connectivity index (χ1) is 11.7. The third-order valence-electron chi connectivity index (χ3n) is 4.12. The standard InChI is InChI=1S/C18H22N2O4S/c1-18(2,3)24-16(22)12-5-4-8-20(10-12)15(21)11-6-7-13-14(9-11)23-17(25)19-13/h6-7,9,12H,4-5,8,10H2,1-3H3,(H,19,25)/t12-/m0/s1. The van der Waals surface area contributed by atoms with Gasteiger partial charge in [-0.05, 0) is 64.0 Å². The Morgan fingerprint density at radius 1 is 1.36 bits per heavy atom. The molecule has 1 amide bonds. The van der Waals surface area contributed by atoms with E-state index in [2.05, 4.69) is 4.98 Å². The van der Waals surface area contributed by atoms with E-state index >= 15 is 0 Å². The highest BCUT2D eigenvalue weighted by Crippen LogP contribution is 2.23. The maximum atomic E-state index is 12.8. The molecule has 25 heavy (non-hydrogen) atoms. The van der Waals surface area contributed by atoms with E-state index in [1.54, 1.807) is 23.1 Å². The highest BCUT2D eigenvalue weighted by molar-refractivity contribution is 7.71. The van der Waals surface area contributed by atoms with Crippen LogP contribution in [-0.2, 0) is 9.53 Å². The van der Waals surface area contributed by atoms with Gasteiger partial charge in [-0.2, -0.15) is 0 Å². The number of hydrogen-bond acceptors (Lipinski definition) is 5. The van der Waals surface area contributed by atoms with Crippen molar-refractivity contribution in [2.75, 3.05) is 13.1 Å². The van der Waals surface area contributed by atoms with Gasteiger partial charge >= 0.3 is 5.97 Å². The zero-order chi connectivity index (χ0) is 18.2. The number of esters is 1. The molecule has 0 saturated carbocycles. The topological polar surface area (TPSA) is 75.5 Å². The lowest BCUT2D eigenvalue weighted by Gasteiger charge is -2.33. The Balaban J connectivity index is 1.74. The summed E-state index contributed by atoms with van der Waals surface area (Å²) >= 11 is 4.97. The predicted molar refractivity (Wildman–Crippen MR) is 95.9 cm³/mol. The molecule has 2 heterocycles. The molecular formula is C18H22N2O4S. The fourth-order valence-electron chi connectivity index (χ4n) is 3.00. The van der Waals surface area contributed by atoms with Crippen molar-refractivity contribution in [2.45, 2.75) is 39.2 Å². The molecule has 1 fully saturated rings. The maximum absolute atomic E-state index is 12.8. The molecule has 134 valence electrons. The molecule has 1 atom stereocenters. The number of H-pyrrole nitrogens is 1.